The van der Waals surface area contributed by atoms with Gasteiger partial charge in [-0.15, -0.1) is 0 Å². The molecule has 0 heterocycles. The summed E-state index contributed by atoms with van der Waals surface area (Å²) >= 11 is 5.93. The van der Waals surface area contributed by atoms with Crippen LogP contribution in [0.3, 0.4) is 0 Å². The predicted molar refractivity (Wildman–Crippen MR) is 56.0 cm³/mol. The molecule has 13 heavy (non-hydrogen) atoms. The van der Waals surface area contributed by atoms with E-state index in [0.717, 1.165) is 11.4 Å². The van der Waals surface area contributed by atoms with Gasteiger partial charge in [0.25, 0.3) is 0 Å². The fourth-order valence-electron chi connectivity index (χ4n) is 2.14. The van der Waals surface area contributed by atoms with E-state index >= 15 is 0 Å². The van der Waals surface area contributed by atoms with Gasteiger partial charge in [-0.25, -0.2) is 0 Å². The summed E-state index contributed by atoms with van der Waals surface area (Å²) in [6.07, 6.45) is 3.61. The zero-order valence-corrected chi connectivity index (χ0v) is 8.30. The fourth-order valence-corrected chi connectivity index (χ4v) is 2.34. The molecule has 1 aromatic carbocycles. The van der Waals surface area contributed by atoms with Gasteiger partial charge in [0.2, 0.25) is 0 Å². The molecule has 2 heteroatoms. The van der Waals surface area contributed by atoms with Gasteiger partial charge in [-0.3, -0.25) is 0 Å². The maximum atomic E-state index is 6.02. The number of hydrogen-bond donors (Lipinski definition) is 1. The molecule has 2 rings (SSSR count). The SMILES string of the molecule is N[C@H]1CCC[C@H]1c1cccc(Cl)c1. The van der Waals surface area contributed by atoms with Crippen molar-refractivity contribution in [2.75, 3.05) is 0 Å². The highest BCUT2D eigenvalue weighted by molar-refractivity contribution is 6.30. The first-order chi connectivity index (χ1) is 6.27. The smallest absolute Gasteiger partial charge is 0.0408 e. The second-order valence-corrected chi connectivity index (χ2v) is 4.19. The molecule has 0 radical (unpaired) electrons. The van der Waals surface area contributed by atoms with E-state index in [2.05, 4.69) is 6.07 Å². The Balaban J connectivity index is 2.24. The van der Waals surface area contributed by atoms with Crippen molar-refractivity contribution in [3.63, 3.8) is 0 Å². The number of rotatable bonds is 1. The molecule has 1 aromatic rings. The van der Waals surface area contributed by atoms with E-state index < -0.39 is 0 Å². The molecule has 1 aliphatic carbocycles. The topological polar surface area (TPSA) is 26.0 Å². The Bertz CT molecular complexity index is 298. The molecular weight excluding hydrogens is 182 g/mol. The lowest BCUT2D eigenvalue weighted by Gasteiger charge is -2.15. The Labute approximate surface area is 83.9 Å². The average Bonchev–Trinajstić information content (AvgIpc) is 2.51. The number of halogens is 1. The molecule has 1 saturated carbocycles. The second-order valence-electron chi connectivity index (χ2n) is 3.76. The summed E-state index contributed by atoms with van der Waals surface area (Å²) in [5.74, 6) is 0.527. The lowest BCUT2D eigenvalue weighted by molar-refractivity contribution is 0.613. The van der Waals surface area contributed by atoms with Crippen LogP contribution in [0.1, 0.15) is 30.7 Å². The minimum atomic E-state index is 0.332. The van der Waals surface area contributed by atoms with Crippen molar-refractivity contribution in [2.45, 2.75) is 31.2 Å². The van der Waals surface area contributed by atoms with Gasteiger partial charge in [0.05, 0.1) is 0 Å². The first-order valence-electron chi connectivity index (χ1n) is 4.78. The van der Waals surface area contributed by atoms with Crippen LogP contribution in [0.25, 0.3) is 0 Å². The number of benzene rings is 1. The molecule has 2 N–H and O–H groups in total. The van der Waals surface area contributed by atoms with Gasteiger partial charge in [-0.2, -0.15) is 0 Å². The zero-order valence-electron chi connectivity index (χ0n) is 7.54. The third-order valence-electron chi connectivity index (χ3n) is 2.85. The molecule has 0 spiro atoms. The van der Waals surface area contributed by atoms with Crippen LogP contribution < -0.4 is 5.73 Å². The van der Waals surface area contributed by atoms with Crippen molar-refractivity contribution in [1.29, 1.82) is 0 Å². The van der Waals surface area contributed by atoms with Gasteiger partial charge in [0, 0.05) is 11.1 Å². The molecule has 0 aliphatic heterocycles. The summed E-state index contributed by atoms with van der Waals surface area (Å²) < 4.78 is 0. The number of hydrogen-bond acceptors (Lipinski definition) is 1. The molecule has 0 saturated heterocycles. The van der Waals surface area contributed by atoms with Gasteiger partial charge >= 0.3 is 0 Å². The van der Waals surface area contributed by atoms with Crippen LogP contribution >= 0.6 is 11.6 Å². The molecular formula is C11H14ClN. The van der Waals surface area contributed by atoms with E-state index in [1.807, 2.05) is 18.2 Å². The van der Waals surface area contributed by atoms with Crippen molar-refractivity contribution >= 4 is 11.6 Å². The summed E-state index contributed by atoms with van der Waals surface area (Å²) in [6, 6.07) is 8.41. The van der Waals surface area contributed by atoms with Crippen molar-refractivity contribution in [2.24, 2.45) is 5.73 Å². The molecule has 1 aliphatic rings. The van der Waals surface area contributed by atoms with Crippen LogP contribution in [0.4, 0.5) is 0 Å². The normalized spacial score (nSPS) is 27.8. The third-order valence-corrected chi connectivity index (χ3v) is 3.08. The molecule has 0 unspecified atom stereocenters. The zero-order chi connectivity index (χ0) is 9.26. The Kier molecular flexibility index (Phi) is 2.56. The quantitative estimate of drug-likeness (QED) is 0.733. The van der Waals surface area contributed by atoms with Crippen LogP contribution in [-0.2, 0) is 0 Å². The van der Waals surface area contributed by atoms with Crippen molar-refractivity contribution in [1.82, 2.24) is 0 Å². The Morgan fingerprint density at radius 3 is 2.77 bits per heavy atom. The maximum absolute atomic E-state index is 6.02. The highest BCUT2D eigenvalue weighted by Gasteiger charge is 2.25. The molecule has 0 amide bonds. The summed E-state index contributed by atoms with van der Waals surface area (Å²) in [5.41, 5.74) is 7.32. The molecule has 0 bridgehead atoms. The second kappa shape index (κ2) is 3.69. The van der Waals surface area contributed by atoms with Crippen LogP contribution in [0, 0.1) is 0 Å². The largest absolute Gasteiger partial charge is 0.327 e. The van der Waals surface area contributed by atoms with Crippen LogP contribution in [0.2, 0.25) is 5.02 Å². The van der Waals surface area contributed by atoms with Crippen LogP contribution in [0.5, 0.6) is 0 Å². The highest BCUT2D eigenvalue weighted by Crippen LogP contribution is 2.33. The van der Waals surface area contributed by atoms with Crippen molar-refractivity contribution in [3.05, 3.63) is 34.9 Å². The average molecular weight is 196 g/mol. The first-order valence-corrected chi connectivity index (χ1v) is 5.16. The summed E-state index contributed by atoms with van der Waals surface area (Å²) in [6.45, 7) is 0. The molecule has 1 fully saturated rings. The molecule has 70 valence electrons. The van der Waals surface area contributed by atoms with Gasteiger partial charge in [-0.05, 0) is 36.5 Å². The Morgan fingerprint density at radius 2 is 2.15 bits per heavy atom. The van der Waals surface area contributed by atoms with Gasteiger partial charge < -0.3 is 5.73 Å². The monoisotopic (exact) mass is 195 g/mol. The molecule has 1 nitrogen and oxygen atoms in total. The van der Waals surface area contributed by atoms with E-state index in [1.165, 1.54) is 18.4 Å². The molecule has 0 aromatic heterocycles. The molecule has 2 atom stereocenters. The third kappa shape index (κ3) is 1.87. The summed E-state index contributed by atoms with van der Waals surface area (Å²) in [4.78, 5) is 0. The standard InChI is InChI=1S/C11H14ClN/c12-9-4-1-3-8(7-9)10-5-2-6-11(10)13/h1,3-4,7,10-11H,2,5-6,13H2/t10-,11-/m0/s1. The minimum Gasteiger partial charge on any atom is -0.327 e. The van der Waals surface area contributed by atoms with E-state index in [9.17, 15) is 0 Å². The van der Waals surface area contributed by atoms with Crippen LogP contribution in [0.15, 0.2) is 24.3 Å². The Morgan fingerprint density at radius 1 is 1.31 bits per heavy atom. The van der Waals surface area contributed by atoms with E-state index in [0.29, 0.717) is 12.0 Å². The fraction of sp³-hybridized carbons (Fsp3) is 0.455. The van der Waals surface area contributed by atoms with Crippen LogP contribution in [-0.4, -0.2) is 6.04 Å². The summed E-state index contributed by atoms with van der Waals surface area (Å²) in [7, 11) is 0. The Hall–Kier alpha value is -0.530. The van der Waals surface area contributed by atoms with Gasteiger partial charge in [-0.1, -0.05) is 30.2 Å². The number of nitrogens with two attached hydrogens (primary N) is 1. The van der Waals surface area contributed by atoms with E-state index in [-0.39, 0.29) is 0 Å². The lowest BCUT2D eigenvalue weighted by Crippen LogP contribution is -2.22. The predicted octanol–water partition coefficient (Wildman–Crippen LogP) is 2.93. The lowest BCUT2D eigenvalue weighted by atomic mass is 9.95. The maximum Gasteiger partial charge on any atom is 0.0408 e. The van der Waals surface area contributed by atoms with Crippen molar-refractivity contribution < 1.29 is 0 Å². The van der Waals surface area contributed by atoms with Gasteiger partial charge in [0.1, 0.15) is 0 Å². The van der Waals surface area contributed by atoms with E-state index in [1.54, 1.807) is 0 Å². The van der Waals surface area contributed by atoms with Crippen molar-refractivity contribution in [3.8, 4) is 0 Å². The summed E-state index contributed by atoms with van der Waals surface area (Å²) in [5, 5.41) is 0.816. The highest BCUT2D eigenvalue weighted by atomic mass is 35.5. The van der Waals surface area contributed by atoms with E-state index in [4.69, 9.17) is 17.3 Å². The first kappa shape index (κ1) is 9.04. The van der Waals surface area contributed by atoms with Gasteiger partial charge in [0.15, 0.2) is 0 Å². The minimum absolute atomic E-state index is 0.332.